The van der Waals surface area contributed by atoms with Gasteiger partial charge in [0.1, 0.15) is 0 Å². The predicted molar refractivity (Wildman–Crippen MR) is 97.5 cm³/mol. The minimum Gasteiger partial charge on any atom is -0.323 e. The molecule has 0 radical (unpaired) electrons. The first-order chi connectivity index (χ1) is 10.2. The van der Waals surface area contributed by atoms with Crippen molar-refractivity contribution in [3.8, 4) is 0 Å². The zero-order valence-electron chi connectivity index (χ0n) is 14.7. The highest BCUT2D eigenvalue weighted by molar-refractivity contribution is 7.62. The Morgan fingerprint density at radius 3 is 1.18 bits per heavy atom. The molecular weight excluding hydrogens is 318 g/mol. The number of rotatable bonds is 4. The lowest BCUT2D eigenvalue weighted by Crippen LogP contribution is -2.43. The molecule has 0 aliphatic carbocycles. The minimum absolute atomic E-state index is 0.692. The fraction of sp³-hybridized carbons (Fsp3) is 1.00. The van der Waals surface area contributed by atoms with Crippen LogP contribution in [0, 0.1) is 0 Å². The topological polar surface area (TPSA) is 64.7 Å². The van der Waals surface area contributed by atoms with E-state index in [4.69, 9.17) is 0 Å². The normalized spacial score (nSPS) is 22.0. The summed E-state index contributed by atoms with van der Waals surface area (Å²) >= 11 is 0. The van der Waals surface area contributed by atoms with E-state index in [0.29, 0.717) is 12.6 Å². The molecular formula is C14H34N4O2P2. The number of nitrogens with zero attached hydrogens (tertiary/aromatic N) is 2. The van der Waals surface area contributed by atoms with E-state index >= 15 is 0 Å². The lowest BCUT2D eigenvalue weighted by Gasteiger charge is -2.28. The Morgan fingerprint density at radius 2 is 0.955 bits per heavy atom. The zero-order chi connectivity index (χ0) is 16.6. The van der Waals surface area contributed by atoms with E-state index < -0.39 is 14.3 Å². The Morgan fingerprint density at radius 1 is 0.682 bits per heavy atom. The monoisotopic (exact) mass is 352 g/mol. The van der Waals surface area contributed by atoms with Gasteiger partial charge in [-0.1, -0.05) is 0 Å². The van der Waals surface area contributed by atoms with Gasteiger partial charge in [-0.05, 0) is 26.7 Å². The first kappa shape index (κ1) is 20.3. The van der Waals surface area contributed by atoms with Crippen molar-refractivity contribution in [3.05, 3.63) is 0 Å². The highest BCUT2D eigenvalue weighted by atomic mass is 31.2. The Labute approximate surface area is 136 Å². The van der Waals surface area contributed by atoms with E-state index in [2.05, 4.69) is 20.4 Å². The molecule has 1 heterocycles. The van der Waals surface area contributed by atoms with Crippen LogP contribution in [0.5, 0.6) is 0 Å². The van der Waals surface area contributed by atoms with Crippen LogP contribution in [0.3, 0.4) is 0 Å². The molecule has 2 N–H and O–H groups in total. The maximum atomic E-state index is 12.0. The summed E-state index contributed by atoms with van der Waals surface area (Å²) in [6.45, 7) is 14.7. The molecule has 1 aliphatic rings. The molecule has 0 bridgehead atoms. The van der Waals surface area contributed by atoms with Crippen LogP contribution in [-0.2, 0) is 9.13 Å². The van der Waals surface area contributed by atoms with Gasteiger partial charge in [-0.2, -0.15) is 0 Å². The van der Waals surface area contributed by atoms with E-state index in [1.165, 1.54) is 0 Å². The van der Waals surface area contributed by atoms with E-state index in [9.17, 15) is 9.13 Å². The van der Waals surface area contributed by atoms with Crippen LogP contribution in [0.2, 0.25) is 0 Å². The van der Waals surface area contributed by atoms with Crippen molar-refractivity contribution in [1.29, 1.82) is 0 Å². The molecule has 0 amide bonds. The maximum absolute atomic E-state index is 12.0. The van der Waals surface area contributed by atoms with Crippen LogP contribution in [0.1, 0.15) is 0 Å². The second kappa shape index (κ2) is 9.56. The molecule has 1 aliphatic heterocycles. The van der Waals surface area contributed by atoms with Crippen molar-refractivity contribution in [2.24, 2.45) is 0 Å². The largest absolute Gasteiger partial charge is 0.323 e. The van der Waals surface area contributed by atoms with Crippen LogP contribution in [0.4, 0.5) is 0 Å². The standard InChI is InChI=1S/C14H34N4O2P2/c1-21(2,19)13-17-9-5-15-7-11-18(14-22(3,4)20)12-8-16-6-10-17/h15-16H,5-14H2,1-4H3. The molecule has 1 rings (SSSR count). The van der Waals surface area contributed by atoms with Crippen molar-refractivity contribution in [2.45, 2.75) is 0 Å². The summed E-state index contributed by atoms with van der Waals surface area (Å²) in [5, 5.41) is 6.90. The molecule has 6 nitrogen and oxygen atoms in total. The quantitative estimate of drug-likeness (QED) is 0.735. The summed E-state index contributed by atoms with van der Waals surface area (Å²) in [6, 6.07) is 0. The Hall–Kier alpha value is 0.300. The Kier molecular flexibility index (Phi) is 8.84. The van der Waals surface area contributed by atoms with Gasteiger partial charge in [-0.25, -0.2) is 0 Å². The van der Waals surface area contributed by atoms with Gasteiger partial charge in [0.2, 0.25) is 0 Å². The van der Waals surface area contributed by atoms with Crippen LogP contribution in [0.25, 0.3) is 0 Å². The zero-order valence-corrected chi connectivity index (χ0v) is 16.5. The molecule has 22 heavy (non-hydrogen) atoms. The summed E-state index contributed by atoms with van der Waals surface area (Å²) in [7, 11) is -4.03. The minimum atomic E-state index is -2.01. The average molecular weight is 352 g/mol. The van der Waals surface area contributed by atoms with E-state index in [1.54, 1.807) is 0 Å². The summed E-state index contributed by atoms with van der Waals surface area (Å²) in [4.78, 5) is 4.57. The third kappa shape index (κ3) is 10.9. The summed E-state index contributed by atoms with van der Waals surface area (Å²) in [5.74, 6) is 0. The van der Waals surface area contributed by atoms with E-state index in [-0.39, 0.29) is 0 Å². The lowest BCUT2D eigenvalue weighted by atomic mass is 10.4. The van der Waals surface area contributed by atoms with Gasteiger partial charge in [-0.15, -0.1) is 0 Å². The van der Waals surface area contributed by atoms with E-state index in [1.807, 2.05) is 26.7 Å². The van der Waals surface area contributed by atoms with Gasteiger partial charge >= 0.3 is 0 Å². The SMILES string of the molecule is CP(C)(=O)CN1CCNCCN(CP(C)(C)=O)CCNCC1. The fourth-order valence-corrected chi connectivity index (χ4v) is 5.16. The highest BCUT2D eigenvalue weighted by Gasteiger charge is 2.16. The van der Waals surface area contributed by atoms with Gasteiger partial charge in [0.05, 0.1) is 26.9 Å². The molecule has 0 aromatic heterocycles. The molecule has 0 spiro atoms. The fourth-order valence-electron chi connectivity index (χ4n) is 2.67. The molecule has 8 heteroatoms. The molecule has 0 atom stereocenters. The summed E-state index contributed by atoms with van der Waals surface area (Å²) < 4.78 is 24.0. The molecule has 0 aromatic rings. The maximum Gasteiger partial charge on any atom is 0.0951 e. The predicted octanol–water partition coefficient (Wildman–Crippen LogP) is 0.944. The van der Waals surface area contributed by atoms with Crippen molar-refractivity contribution in [2.75, 3.05) is 91.6 Å². The van der Waals surface area contributed by atoms with Crippen molar-refractivity contribution in [3.63, 3.8) is 0 Å². The third-order valence-electron chi connectivity index (χ3n) is 3.50. The summed E-state index contributed by atoms with van der Waals surface area (Å²) in [6.07, 6.45) is 1.38. The van der Waals surface area contributed by atoms with E-state index in [0.717, 1.165) is 52.4 Å². The highest BCUT2D eigenvalue weighted by Crippen LogP contribution is 2.36. The Balaban J connectivity index is 2.46. The molecule has 0 saturated carbocycles. The average Bonchev–Trinajstić information content (AvgIpc) is 2.31. The first-order valence-electron chi connectivity index (χ1n) is 8.10. The Bertz CT molecular complexity index is 358. The molecule has 0 unspecified atom stereocenters. The number of nitrogens with one attached hydrogen (secondary N) is 2. The van der Waals surface area contributed by atoms with Gasteiger partial charge in [0.15, 0.2) is 0 Å². The van der Waals surface area contributed by atoms with Gasteiger partial charge in [0, 0.05) is 52.4 Å². The van der Waals surface area contributed by atoms with Crippen molar-refractivity contribution >= 4 is 14.3 Å². The van der Waals surface area contributed by atoms with Gasteiger partial charge in [-0.3, -0.25) is 9.80 Å². The van der Waals surface area contributed by atoms with Crippen LogP contribution in [0.15, 0.2) is 0 Å². The van der Waals surface area contributed by atoms with Crippen LogP contribution >= 0.6 is 14.3 Å². The third-order valence-corrected chi connectivity index (χ3v) is 5.66. The van der Waals surface area contributed by atoms with Crippen LogP contribution < -0.4 is 10.6 Å². The van der Waals surface area contributed by atoms with Gasteiger partial charge in [0.25, 0.3) is 0 Å². The smallest absolute Gasteiger partial charge is 0.0951 e. The van der Waals surface area contributed by atoms with Gasteiger partial charge < -0.3 is 19.8 Å². The first-order valence-corrected chi connectivity index (χ1v) is 13.7. The number of hydrogen-bond acceptors (Lipinski definition) is 6. The summed E-state index contributed by atoms with van der Waals surface area (Å²) in [5.41, 5.74) is 0. The number of hydrogen-bond donors (Lipinski definition) is 2. The second-order valence-corrected chi connectivity index (χ2v) is 14.0. The molecule has 1 fully saturated rings. The van der Waals surface area contributed by atoms with Crippen molar-refractivity contribution < 1.29 is 9.13 Å². The van der Waals surface area contributed by atoms with Crippen molar-refractivity contribution in [1.82, 2.24) is 20.4 Å². The molecule has 0 aromatic carbocycles. The molecule has 132 valence electrons. The lowest BCUT2D eigenvalue weighted by molar-refractivity contribution is 0.274. The second-order valence-electron chi connectivity index (χ2n) is 7.17. The molecule has 1 saturated heterocycles. The van der Waals surface area contributed by atoms with Crippen LogP contribution in [-0.4, -0.2) is 101 Å².